The summed E-state index contributed by atoms with van der Waals surface area (Å²) in [6.45, 7) is 8.76. The van der Waals surface area contributed by atoms with Gasteiger partial charge in [0.2, 0.25) is 17.7 Å². The fourth-order valence-corrected chi connectivity index (χ4v) is 3.47. The Hall–Kier alpha value is -3.14. The molecule has 2 atom stereocenters. The zero-order valence-electron chi connectivity index (χ0n) is 21.4. The van der Waals surface area contributed by atoms with Gasteiger partial charge in [-0.1, -0.05) is 43.2 Å². The van der Waals surface area contributed by atoms with Crippen LogP contribution in [0.4, 0.5) is 4.79 Å². The maximum Gasteiger partial charge on any atom is 0.408 e. The molecule has 1 rings (SSSR count). The summed E-state index contributed by atoms with van der Waals surface area (Å²) < 4.78 is 5.27. The molecule has 0 spiro atoms. The predicted octanol–water partition coefficient (Wildman–Crippen LogP) is 1.93. The number of amides is 4. The fourth-order valence-electron chi connectivity index (χ4n) is 3.47. The van der Waals surface area contributed by atoms with Gasteiger partial charge in [0.05, 0.1) is 6.61 Å². The number of ether oxygens (including phenoxy) is 1. The van der Waals surface area contributed by atoms with E-state index < -0.39 is 48.1 Å². The number of hydrogen-bond acceptors (Lipinski definition) is 6. The van der Waals surface area contributed by atoms with Gasteiger partial charge in [-0.2, -0.15) is 0 Å². The van der Waals surface area contributed by atoms with Crippen molar-refractivity contribution in [1.29, 1.82) is 0 Å². The molecule has 35 heavy (non-hydrogen) atoms. The molecule has 0 heterocycles. The normalized spacial score (nSPS) is 12.9. The minimum Gasteiger partial charge on any atom is -0.444 e. The summed E-state index contributed by atoms with van der Waals surface area (Å²) >= 11 is 0. The summed E-state index contributed by atoms with van der Waals surface area (Å²) in [7, 11) is 0. The maximum atomic E-state index is 13.7. The van der Waals surface area contributed by atoms with Gasteiger partial charge in [0, 0.05) is 19.5 Å². The first kappa shape index (κ1) is 29.9. The van der Waals surface area contributed by atoms with Crippen molar-refractivity contribution in [1.82, 2.24) is 15.5 Å². The van der Waals surface area contributed by atoms with Gasteiger partial charge in [-0.25, -0.2) is 4.79 Å². The van der Waals surface area contributed by atoms with Gasteiger partial charge in [0.25, 0.3) is 0 Å². The van der Waals surface area contributed by atoms with Crippen LogP contribution in [-0.4, -0.2) is 65.2 Å². The van der Waals surface area contributed by atoms with Gasteiger partial charge in [-0.3, -0.25) is 14.4 Å². The summed E-state index contributed by atoms with van der Waals surface area (Å²) in [5, 5.41) is 15.1. The van der Waals surface area contributed by atoms with E-state index in [1.54, 1.807) is 39.0 Å². The molecule has 0 bridgehead atoms. The second kappa shape index (κ2) is 14.3. The lowest BCUT2D eigenvalue weighted by atomic mass is 10.00. The van der Waals surface area contributed by atoms with Crippen LogP contribution in [0.25, 0.3) is 0 Å². The largest absolute Gasteiger partial charge is 0.444 e. The van der Waals surface area contributed by atoms with E-state index in [0.717, 1.165) is 18.4 Å². The van der Waals surface area contributed by atoms with Gasteiger partial charge in [-0.05, 0) is 46.1 Å². The van der Waals surface area contributed by atoms with Crippen molar-refractivity contribution in [2.75, 3.05) is 19.7 Å². The number of aliphatic hydroxyl groups is 1. The molecular weight excluding hydrogens is 452 g/mol. The highest BCUT2D eigenvalue weighted by molar-refractivity contribution is 5.92. The van der Waals surface area contributed by atoms with Crippen molar-refractivity contribution >= 4 is 23.8 Å². The Labute approximate surface area is 207 Å². The number of aryl methyl sites for hydroxylation is 1. The first-order valence-corrected chi connectivity index (χ1v) is 11.9. The molecule has 0 saturated heterocycles. The Morgan fingerprint density at radius 2 is 1.89 bits per heavy atom. The summed E-state index contributed by atoms with van der Waals surface area (Å²) in [4.78, 5) is 52.1. The van der Waals surface area contributed by atoms with Crippen LogP contribution >= 0.6 is 0 Å². The maximum absolute atomic E-state index is 13.7. The van der Waals surface area contributed by atoms with E-state index in [1.807, 2.05) is 19.9 Å². The number of nitrogens with one attached hydrogen (secondary N) is 2. The number of alkyl carbamates (subject to hydrolysis) is 1. The smallest absolute Gasteiger partial charge is 0.408 e. The second-order valence-electron chi connectivity index (χ2n) is 9.42. The lowest BCUT2D eigenvalue weighted by molar-refractivity contribution is -0.143. The summed E-state index contributed by atoms with van der Waals surface area (Å²) in [6.07, 6.45) is 0.541. The summed E-state index contributed by atoms with van der Waals surface area (Å²) in [5.74, 6) is -1.69. The van der Waals surface area contributed by atoms with Crippen molar-refractivity contribution < 1.29 is 29.0 Å². The molecular formula is C25H40N4O6. The van der Waals surface area contributed by atoms with Crippen molar-refractivity contribution in [3.05, 3.63) is 35.4 Å². The highest BCUT2D eigenvalue weighted by Crippen LogP contribution is 2.24. The molecule has 196 valence electrons. The summed E-state index contributed by atoms with van der Waals surface area (Å²) in [5.41, 5.74) is 5.92. The Balaban J connectivity index is 3.38. The topological polar surface area (TPSA) is 151 Å². The highest BCUT2D eigenvalue weighted by Gasteiger charge is 2.36. The Bertz CT molecular complexity index is 868. The average molecular weight is 493 g/mol. The van der Waals surface area contributed by atoms with Crippen molar-refractivity contribution in [2.24, 2.45) is 5.73 Å². The molecule has 1 aromatic rings. The fraction of sp³-hybridized carbons (Fsp3) is 0.600. The minimum atomic E-state index is -1.19. The third kappa shape index (κ3) is 10.8. The van der Waals surface area contributed by atoms with Crippen LogP contribution in [0.3, 0.4) is 0 Å². The zero-order chi connectivity index (χ0) is 26.6. The monoisotopic (exact) mass is 492 g/mol. The molecule has 0 aliphatic carbocycles. The number of hydrogen-bond donors (Lipinski definition) is 4. The van der Waals surface area contributed by atoms with Crippen LogP contribution < -0.4 is 16.4 Å². The SMILES string of the molecule is CCCCNC(=O)C(c1cccc(C)c1)N(CCO)C(=O)C(CCC(N)=O)NC(=O)OC(C)(C)C. The lowest BCUT2D eigenvalue weighted by Gasteiger charge is -2.34. The number of unbranched alkanes of at least 4 members (excludes halogenated alkanes) is 1. The van der Waals surface area contributed by atoms with E-state index in [4.69, 9.17) is 10.5 Å². The number of carbonyl (C=O) groups excluding carboxylic acids is 4. The number of carbonyl (C=O) groups is 4. The van der Waals surface area contributed by atoms with Crippen LogP contribution in [0, 0.1) is 6.92 Å². The van der Waals surface area contributed by atoms with E-state index in [1.165, 1.54) is 4.90 Å². The van der Waals surface area contributed by atoms with Crippen molar-refractivity contribution in [3.63, 3.8) is 0 Å². The predicted molar refractivity (Wildman–Crippen MR) is 132 cm³/mol. The van der Waals surface area contributed by atoms with Gasteiger partial charge in [0.1, 0.15) is 17.7 Å². The molecule has 4 amide bonds. The van der Waals surface area contributed by atoms with E-state index in [2.05, 4.69) is 10.6 Å². The van der Waals surface area contributed by atoms with Gasteiger partial charge < -0.3 is 31.1 Å². The first-order chi connectivity index (χ1) is 16.4. The van der Waals surface area contributed by atoms with Crippen LogP contribution in [0.5, 0.6) is 0 Å². The van der Waals surface area contributed by atoms with Gasteiger partial charge in [-0.15, -0.1) is 0 Å². The van der Waals surface area contributed by atoms with Crippen LogP contribution in [0.15, 0.2) is 24.3 Å². The third-order valence-corrected chi connectivity index (χ3v) is 5.04. The van der Waals surface area contributed by atoms with Crippen molar-refractivity contribution in [2.45, 2.75) is 78.0 Å². The summed E-state index contributed by atoms with van der Waals surface area (Å²) in [6, 6.07) is 4.92. The number of nitrogens with two attached hydrogens (primary N) is 1. The molecule has 10 nitrogen and oxygen atoms in total. The number of primary amides is 1. The number of rotatable bonds is 13. The molecule has 0 aromatic heterocycles. The number of nitrogens with zero attached hydrogens (tertiary/aromatic N) is 1. The molecule has 0 radical (unpaired) electrons. The molecule has 2 unspecified atom stereocenters. The molecule has 0 aliphatic rings. The highest BCUT2D eigenvalue weighted by atomic mass is 16.6. The minimum absolute atomic E-state index is 0.0900. The Morgan fingerprint density at radius 1 is 1.20 bits per heavy atom. The van der Waals surface area contributed by atoms with Gasteiger partial charge >= 0.3 is 6.09 Å². The Morgan fingerprint density at radius 3 is 2.43 bits per heavy atom. The molecule has 0 fully saturated rings. The number of aliphatic hydroxyl groups excluding tert-OH is 1. The average Bonchev–Trinajstić information content (AvgIpc) is 2.74. The molecule has 0 aliphatic heterocycles. The van der Waals surface area contributed by atoms with Gasteiger partial charge in [0.15, 0.2) is 0 Å². The van der Waals surface area contributed by atoms with Crippen LogP contribution in [0.2, 0.25) is 0 Å². The Kier molecular flexibility index (Phi) is 12.2. The quantitative estimate of drug-likeness (QED) is 0.309. The van der Waals surface area contributed by atoms with E-state index in [0.29, 0.717) is 12.1 Å². The van der Waals surface area contributed by atoms with E-state index in [-0.39, 0.29) is 19.4 Å². The zero-order valence-corrected chi connectivity index (χ0v) is 21.4. The second-order valence-corrected chi connectivity index (χ2v) is 9.42. The van der Waals surface area contributed by atoms with E-state index in [9.17, 15) is 24.3 Å². The van der Waals surface area contributed by atoms with E-state index >= 15 is 0 Å². The molecule has 5 N–H and O–H groups in total. The van der Waals surface area contributed by atoms with Crippen molar-refractivity contribution in [3.8, 4) is 0 Å². The van der Waals surface area contributed by atoms with Crippen LogP contribution in [-0.2, 0) is 19.1 Å². The first-order valence-electron chi connectivity index (χ1n) is 11.9. The standard InChI is InChI=1S/C25H40N4O6/c1-6-7-13-27-22(32)21(18-10-8-9-17(2)16-18)29(14-15-30)23(33)19(11-12-20(26)31)28-24(34)35-25(3,4)5/h8-10,16,19,21,30H,6-7,11-15H2,1-5H3,(H2,26,31)(H,27,32)(H,28,34). The molecule has 0 saturated carbocycles. The number of benzene rings is 1. The molecule has 1 aromatic carbocycles. The van der Waals surface area contributed by atoms with Crippen LogP contribution in [0.1, 0.15) is 70.5 Å². The third-order valence-electron chi connectivity index (χ3n) is 5.04. The lowest BCUT2D eigenvalue weighted by Crippen LogP contribution is -2.54. The molecule has 10 heteroatoms.